The van der Waals surface area contributed by atoms with Gasteiger partial charge in [0.05, 0.1) is 6.54 Å². The van der Waals surface area contributed by atoms with Crippen molar-refractivity contribution in [1.82, 2.24) is 14.7 Å². The summed E-state index contributed by atoms with van der Waals surface area (Å²) in [5.41, 5.74) is 8.06. The fourth-order valence-electron chi connectivity index (χ4n) is 2.27. The van der Waals surface area contributed by atoms with Gasteiger partial charge in [0.25, 0.3) is 0 Å². The van der Waals surface area contributed by atoms with E-state index in [9.17, 15) is 0 Å². The maximum Gasteiger partial charge on any atom is 0.226 e. The molecule has 0 fully saturated rings. The quantitative estimate of drug-likeness (QED) is 0.776. The Morgan fingerprint density at radius 3 is 2.89 bits per heavy atom. The molecule has 98 valence electrons. The minimum Gasteiger partial charge on any atom is -0.339 e. The van der Waals surface area contributed by atoms with Crippen LogP contribution in [0, 0.1) is 0 Å². The lowest BCUT2D eigenvalue weighted by Crippen LogP contribution is -2.00. The molecule has 19 heavy (non-hydrogen) atoms. The molecule has 2 heterocycles. The summed E-state index contributed by atoms with van der Waals surface area (Å²) in [5.74, 6) is 1.37. The smallest absolute Gasteiger partial charge is 0.226 e. The maximum atomic E-state index is 5.79. The molecule has 0 aliphatic rings. The molecule has 0 amide bonds. The summed E-state index contributed by atoms with van der Waals surface area (Å²) in [5, 5.41) is 5.17. The van der Waals surface area contributed by atoms with Crippen molar-refractivity contribution < 1.29 is 4.52 Å². The van der Waals surface area contributed by atoms with Crippen LogP contribution in [0.4, 0.5) is 0 Å². The molecular weight excluding hydrogens is 240 g/mol. The molecule has 2 N–H and O–H groups in total. The Morgan fingerprint density at radius 2 is 2.16 bits per heavy atom. The number of benzene rings is 1. The molecule has 5 heteroatoms. The molecule has 5 nitrogen and oxygen atoms in total. The molecule has 0 atom stereocenters. The van der Waals surface area contributed by atoms with E-state index in [0.29, 0.717) is 24.8 Å². The normalized spacial score (nSPS) is 11.3. The molecule has 0 spiro atoms. The molecule has 0 unspecified atom stereocenters. The summed E-state index contributed by atoms with van der Waals surface area (Å²) in [6.45, 7) is 3.12. The second-order valence-electron chi connectivity index (χ2n) is 4.46. The van der Waals surface area contributed by atoms with E-state index < -0.39 is 0 Å². The highest BCUT2D eigenvalue weighted by Gasteiger charge is 2.10. The van der Waals surface area contributed by atoms with Gasteiger partial charge in [0.1, 0.15) is 0 Å². The summed E-state index contributed by atoms with van der Waals surface area (Å²) >= 11 is 0. The number of aryl methyl sites for hydroxylation is 1. The van der Waals surface area contributed by atoms with Crippen LogP contribution in [0.1, 0.15) is 24.2 Å². The van der Waals surface area contributed by atoms with Crippen LogP contribution < -0.4 is 5.73 Å². The first-order valence-corrected chi connectivity index (χ1v) is 6.40. The standard InChI is InChI=1S/C14H16N4O/c1-2-14-16-13(17-19-14)9-18-8-10(7-15)11-5-3-4-6-12(11)18/h3-6,8H,2,7,9,15H2,1H3. The van der Waals surface area contributed by atoms with E-state index in [1.165, 1.54) is 5.39 Å². The van der Waals surface area contributed by atoms with Crippen LogP contribution in [-0.2, 0) is 19.5 Å². The zero-order valence-electron chi connectivity index (χ0n) is 10.8. The Kier molecular flexibility index (Phi) is 3.05. The number of rotatable bonds is 4. The lowest BCUT2D eigenvalue weighted by molar-refractivity contribution is 0.375. The Morgan fingerprint density at radius 1 is 1.32 bits per heavy atom. The number of aromatic nitrogens is 3. The van der Waals surface area contributed by atoms with Crippen molar-refractivity contribution in [2.75, 3.05) is 0 Å². The molecule has 2 aromatic heterocycles. The minimum absolute atomic E-state index is 0.528. The maximum absolute atomic E-state index is 5.79. The van der Waals surface area contributed by atoms with Crippen LogP contribution in [-0.4, -0.2) is 14.7 Å². The highest BCUT2D eigenvalue weighted by Crippen LogP contribution is 2.21. The van der Waals surface area contributed by atoms with Crippen LogP contribution >= 0.6 is 0 Å². The van der Waals surface area contributed by atoms with Gasteiger partial charge in [-0.25, -0.2) is 0 Å². The van der Waals surface area contributed by atoms with Crippen molar-refractivity contribution in [3.05, 3.63) is 47.7 Å². The van der Waals surface area contributed by atoms with Gasteiger partial charge in [-0.15, -0.1) is 0 Å². The van der Waals surface area contributed by atoms with Crippen LogP contribution in [0.2, 0.25) is 0 Å². The highest BCUT2D eigenvalue weighted by molar-refractivity contribution is 5.83. The molecule has 3 aromatic rings. The van der Waals surface area contributed by atoms with E-state index in [-0.39, 0.29) is 0 Å². The van der Waals surface area contributed by atoms with E-state index in [1.54, 1.807) is 0 Å². The van der Waals surface area contributed by atoms with Gasteiger partial charge in [0.15, 0.2) is 5.82 Å². The van der Waals surface area contributed by atoms with Gasteiger partial charge in [-0.1, -0.05) is 30.3 Å². The van der Waals surface area contributed by atoms with Crippen molar-refractivity contribution in [2.45, 2.75) is 26.4 Å². The number of hydrogen-bond acceptors (Lipinski definition) is 4. The molecular formula is C14H16N4O. The van der Waals surface area contributed by atoms with E-state index in [1.807, 2.05) is 19.1 Å². The first kappa shape index (κ1) is 11.9. The van der Waals surface area contributed by atoms with Crippen molar-refractivity contribution in [3.63, 3.8) is 0 Å². The number of nitrogens with two attached hydrogens (primary N) is 1. The highest BCUT2D eigenvalue weighted by atomic mass is 16.5. The first-order chi connectivity index (χ1) is 9.31. The van der Waals surface area contributed by atoms with Crippen molar-refractivity contribution in [3.8, 4) is 0 Å². The van der Waals surface area contributed by atoms with Crippen molar-refractivity contribution in [1.29, 1.82) is 0 Å². The third-order valence-electron chi connectivity index (χ3n) is 3.22. The molecule has 3 rings (SSSR count). The third kappa shape index (κ3) is 2.13. The average molecular weight is 256 g/mol. The molecule has 0 saturated carbocycles. The van der Waals surface area contributed by atoms with E-state index in [0.717, 1.165) is 17.5 Å². The van der Waals surface area contributed by atoms with Gasteiger partial charge in [0.2, 0.25) is 5.89 Å². The second kappa shape index (κ2) is 4.85. The van der Waals surface area contributed by atoms with Crippen LogP contribution in [0.5, 0.6) is 0 Å². The average Bonchev–Trinajstić information content (AvgIpc) is 3.04. The molecule has 1 aromatic carbocycles. The number of hydrogen-bond donors (Lipinski definition) is 1. The van der Waals surface area contributed by atoms with E-state index >= 15 is 0 Å². The Balaban J connectivity index is 2.00. The van der Waals surface area contributed by atoms with Crippen molar-refractivity contribution >= 4 is 10.9 Å². The predicted octanol–water partition coefficient (Wildman–Crippen LogP) is 2.09. The fraction of sp³-hybridized carbons (Fsp3) is 0.286. The van der Waals surface area contributed by atoms with Crippen LogP contribution in [0.3, 0.4) is 0 Å². The Labute approximate surface area is 111 Å². The summed E-state index contributed by atoms with van der Waals surface area (Å²) in [4.78, 5) is 4.34. The molecule has 0 aliphatic heterocycles. The van der Waals surface area contributed by atoms with Gasteiger partial charge in [0, 0.05) is 30.1 Å². The van der Waals surface area contributed by atoms with E-state index in [2.05, 4.69) is 33.0 Å². The van der Waals surface area contributed by atoms with Gasteiger partial charge in [-0.3, -0.25) is 0 Å². The van der Waals surface area contributed by atoms with Gasteiger partial charge in [-0.2, -0.15) is 4.98 Å². The summed E-state index contributed by atoms with van der Waals surface area (Å²) in [6.07, 6.45) is 2.82. The van der Waals surface area contributed by atoms with Gasteiger partial charge >= 0.3 is 0 Å². The topological polar surface area (TPSA) is 69.9 Å². The number of nitrogens with zero attached hydrogens (tertiary/aromatic N) is 3. The van der Waals surface area contributed by atoms with Crippen molar-refractivity contribution in [2.24, 2.45) is 5.73 Å². The number of para-hydroxylation sites is 1. The van der Waals surface area contributed by atoms with Gasteiger partial charge in [-0.05, 0) is 11.6 Å². The monoisotopic (exact) mass is 256 g/mol. The largest absolute Gasteiger partial charge is 0.339 e. The number of fused-ring (bicyclic) bond motifs is 1. The summed E-state index contributed by atoms with van der Waals surface area (Å²) < 4.78 is 7.24. The summed E-state index contributed by atoms with van der Waals surface area (Å²) in [7, 11) is 0. The SMILES string of the molecule is CCc1nc(Cn2cc(CN)c3ccccc32)no1. The molecule has 0 bridgehead atoms. The van der Waals surface area contributed by atoms with Crippen LogP contribution in [0.25, 0.3) is 10.9 Å². The Hall–Kier alpha value is -2.14. The van der Waals surface area contributed by atoms with E-state index in [4.69, 9.17) is 10.3 Å². The lowest BCUT2D eigenvalue weighted by Gasteiger charge is -2.00. The zero-order chi connectivity index (χ0) is 13.2. The van der Waals surface area contributed by atoms with Gasteiger partial charge < -0.3 is 14.8 Å². The minimum atomic E-state index is 0.528. The summed E-state index contributed by atoms with van der Waals surface area (Å²) in [6, 6.07) is 8.21. The Bertz CT molecular complexity index is 698. The van der Waals surface area contributed by atoms with Crippen LogP contribution in [0.15, 0.2) is 35.0 Å². The third-order valence-corrected chi connectivity index (χ3v) is 3.22. The molecule has 0 saturated heterocycles. The zero-order valence-corrected chi connectivity index (χ0v) is 10.8. The molecule has 0 aliphatic carbocycles. The molecule has 0 radical (unpaired) electrons. The predicted molar refractivity (Wildman–Crippen MR) is 72.6 cm³/mol. The lowest BCUT2D eigenvalue weighted by atomic mass is 10.2. The second-order valence-corrected chi connectivity index (χ2v) is 4.46. The first-order valence-electron chi connectivity index (χ1n) is 6.40. The fourth-order valence-corrected chi connectivity index (χ4v) is 2.27.